The highest BCUT2D eigenvalue weighted by Gasteiger charge is 2.03. The molecule has 1 aromatic heterocycles. The van der Waals surface area contributed by atoms with Crippen LogP contribution in [-0.4, -0.2) is 28.0 Å². The molecule has 0 aliphatic rings. The lowest BCUT2D eigenvalue weighted by atomic mass is 10.1. The van der Waals surface area contributed by atoms with Crippen LogP contribution in [0.5, 0.6) is 0 Å². The molecule has 2 N–H and O–H groups in total. The molecule has 1 heterocycles. The van der Waals surface area contributed by atoms with Crippen LogP contribution >= 0.6 is 12.2 Å². The highest BCUT2D eigenvalue weighted by molar-refractivity contribution is 7.80. The summed E-state index contributed by atoms with van der Waals surface area (Å²) in [6, 6.07) is 13.1. The summed E-state index contributed by atoms with van der Waals surface area (Å²) in [5.74, 6) is 0. The minimum Gasteiger partial charge on any atom is -0.363 e. The minimum atomic E-state index is -0.120. The third-order valence-electron chi connectivity index (χ3n) is 2.88. The van der Waals surface area contributed by atoms with Crippen molar-refractivity contribution in [3.05, 3.63) is 52.8 Å². The Hall–Kier alpha value is -2.21. The molecule has 0 atom stereocenters. The zero-order valence-electron chi connectivity index (χ0n) is 11.9. The second kappa shape index (κ2) is 7.54. The third-order valence-corrected chi connectivity index (χ3v) is 3.17. The van der Waals surface area contributed by atoms with Crippen molar-refractivity contribution in [1.82, 2.24) is 20.4 Å². The van der Waals surface area contributed by atoms with Gasteiger partial charge in [-0.1, -0.05) is 30.3 Å². The van der Waals surface area contributed by atoms with E-state index in [4.69, 9.17) is 12.2 Å². The van der Waals surface area contributed by atoms with Crippen molar-refractivity contribution in [1.29, 1.82) is 0 Å². The van der Waals surface area contributed by atoms with Gasteiger partial charge in [0, 0.05) is 24.7 Å². The molecule has 0 fully saturated rings. The molecule has 0 spiro atoms. The van der Waals surface area contributed by atoms with Crippen LogP contribution in [0.1, 0.15) is 6.92 Å². The van der Waals surface area contributed by atoms with Gasteiger partial charge in [0.25, 0.3) is 5.56 Å². The Morgan fingerprint density at radius 1 is 1.19 bits per heavy atom. The maximum Gasteiger partial charge on any atom is 0.266 e. The lowest BCUT2D eigenvalue weighted by molar-refractivity contribution is 0.571. The van der Waals surface area contributed by atoms with E-state index in [1.165, 1.54) is 10.7 Å². The molecular formula is C15H18N4OS. The minimum absolute atomic E-state index is 0.120. The molecule has 2 aromatic rings. The molecule has 6 heteroatoms. The van der Waals surface area contributed by atoms with Gasteiger partial charge in [0.1, 0.15) is 0 Å². The Kier molecular flexibility index (Phi) is 5.45. The van der Waals surface area contributed by atoms with E-state index in [0.29, 0.717) is 18.2 Å². The summed E-state index contributed by atoms with van der Waals surface area (Å²) >= 11 is 5.07. The van der Waals surface area contributed by atoms with Crippen LogP contribution in [-0.2, 0) is 6.54 Å². The first kappa shape index (κ1) is 15.2. The monoisotopic (exact) mass is 302 g/mol. The molecule has 2 rings (SSSR count). The number of nitrogens with one attached hydrogen (secondary N) is 2. The lowest BCUT2D eigenvalue weighted by Gasteiger charge is -2.10. The topological polar surface area (TPSA) is 58.9 Å². The predicted octanol–water partition coefficient (Wildman–Crippen LogP) is 1.39. The Bertz CT molecular complexity index is 654. The maximum absolute atomic E-state index is 11.8. The third kappa shape index (κ3) is 4.39. The Morgan fingerprint density at radius 2 is 1.95 bits per heavy atom. The molecular weight excluding hydrogens is 284 g/mol. The number of hydrogen-bond acceptors (Lipinski definition) is 3. The van der Waals surface area contributed by atoms with E-state index in [-0.39, 0.29) is 5.56 Å². The molecule has 21 heavy (non-hydrogen) atoms. The Labute approximate surface area is 129 Å². The first-order valence-corrected chi connectivity index (χ1v) is 7.27. The molecule has 0 amide bonds. The number of hydrogen-bond donors (Lipinski definition) is 2. The van der Waals surface area contributed by atoms with Crippen molar-refractivity contribution < 1.29 is 0 Å². The van der Waals surface area contributed by atoms with Crippen LogP contribution in [0.25, 0.3) is 11.3 Å². The number of aromatic nitrogens is 2. The smallest absolute Gasteiger partial charge is 0.266 e. The van der Waals surface area contributed by atoms with E-state index in [0.717, 1.165) is 17.8 Å². The number of thiocarbonyl (C=S) groups is 1. The van der Waals surface area contributed by atoms with Gasteiger partial charge >= 0.3 is 0 Å². The molecule has 0 unspecified atom stereocenters. The average molecular weight is 302 g/mol. The highest BCUT2D eigenvalue weighted by atomic mass is 32.1. The van der Waals surface area contributed by atoms with E-state index in [1.807, 2.05) is 37.3 Å². The van der Waals surface area contributed by atoms with E-state index >= 15 is 0 Å². The summed E-state index contributed by atoms with van der Waals surface area (Å²) in [6.45, 7) is 3.76. The first-order valence-electron chi connectivity index (χ1n) is 6.86. The second-order valence-electron chi connectivity index (χ2n) is 4.43. The first-order chi connectivity index (χ1) is 10.2. The molecule has 0 radical (unpaired) electrons. The molecule has 1 aromatic carbocycles. The Morgan fingerprint density at radius 3 is 2.67 bits per heavy atom. The van der Waals surface area contributed by atoms with Crippen LogP contribution in [0.3, 0.4) is 0 Å². The van der Waals surface area contributed by atoms with Crippen molar-refractivity contribution in [2.75, 3.05) is 13.1 Å². The molecule has 0 aliphatic carbocycles. The molecule has 0 aliphatic heterocycles. The van der Waals surface area contributed by atoms with Crippen LogP contribution in [0.2, 0.25) is 0 Å². The van der Waals surface area contributed by atoms with E-state index in [1.54, 1.807) is 6.07 Å². The van der Waals surface area contributed by atoms with Crippen molar-refractivity contribution in [2.24, 2.45) is 0 Å². The van der Waals surface area contributed by atoms with Gasteiger partial charge < -0.3 is 10.6 Å². The van der Waals surface area contributed by atoms with Gasteiger partial charge in [0.05, 0.1) is 12.2 Å². The van der Waals surface area contributed by atoms with E-state index in [9.17, 15) is 4.79 Å². The van der Waals surface area contributed by atoms with Crippen molar-refractivity contribution in [3.8, 4) is 11.3 Å². The summed E-state index contributed by atoms with van der Waals surface area (Å²) in [7, 11) is 0. The lowest BCUT2D eigenvalue weighted by Crippen LogP contribution is -2.38. The summed E-state index contributed by atoms with van der Waals surface area (Å²) in [5, 5.41) is 11.0. The quantitative estimate of drug-likeness (QED) is 0.818. The van der Waals surface area contributed by atoms with Crippen molar-refractivity contribution in [2.45, 2.75) is 13.5 Å². The highest BCUT2D eigenvalue weighted by Crippen LogP contribution is 2.13. The van der Waals surface area contributed by atoms with Gasteiger partial charge in [-0.15, -0.1) is 0 Å². The Balaban J connectivity index is 2.06. The van der Waals surface area contributed by atoms with Crippen LogP contribution in [0, 0.1) is 0 Å². The maximum atomic E-state index is 11.8. The van der Waals surface area contributed by atoms with Gasteiger partial charge in [-0.3, -0.25) is 4.79 Å². The fourth-order valence-electron chi connectivity index (χ4n) is 1.87. The molecule has 5 nitrogen and oxygen atoms in total. The number of benzene rings is 1. The second-order valence-corrected chi connectivity index (χ2v) is 4.84. The van der Waals surface area contributed by atoms with Crippen LogP contribution < -0.4 is 16.2 Å². The SMILES string of the molecule is CCNC(=S)NCCn1nc(-c2ccccc2)ccc1=O. The molecule has 0 saturated carbocycles. The van der Waals surface area contributed by atoms with Crippen LogP contribution in [0.15, 0.2) is 47.3 Å². The van der Waals surface area contributed by atoms with Gasteiger partial charge in [-0.05, 0) is 25.2 Å². The fraction of sp³-hybridized carbons (Fsp3) is 0.267. The zero-order valence-corrected chi connectivity index (χ0v) is 12.7. The summed E-state index contributed by atoms with van der Waals surface area (Å²) in [5.41, 5.74) is 1.65. The fourth-order valence-corrected chi connectivity index (χ4v) is 2.12. The van der Waals surface area contributed by atoms with Gasteiger partial charge in [-0.25, -0.2) is 4.68 Å². The standard InChI is InChI=1S/C15H18N4OS/c1-2-16-15(21)17-10-11-19-14(20)9-8-13(18-19)12-6-4-3-5-7-12/h3-9H,2,10-11H2,1H3,(H2,16,17,21). The van der Waals surface area contributed by atoms with Gasteiger partial charge in [-0.2, -0.15) is 5.10 Å². The summed E-state index contributed by atoms with van der Waals surface area (Å²) < 4.78 is 1.45. The van der Waals surface area contributed by atoms with E-state index in [2.05, 4.69) is 15.7 Å². The zero-order chi connectivity index (χ0) is 15.1. The summed E-state index contributed by atoms with van der Waals surface area (Å²) in [4.78, 5) is 11.8. The molecule has 0 saturated heterocycles. The van der Waals surface area contributed by atoms with Crippen LogP contribution in [0.4, 0.5) is 0 Å². The molecule has 110 valence electrons. The van der Waals surface area contributed by atoms with Crippen molar-refractivity contribution in [3.63, 3.8) is 0 Å². The number of nitrogens with zero attached hydrogens (tertiary/aromatic N) is 2. The van der Waals surface area contributed by atoms with Gasteiger partial charge in [0.2, 0.25) is 0 Å². The predicted molar refractivity (Wildman–Crippen MR) is 88.2 cm³/mol. The number of rotatable bonds is 5. The molecule has 0 bridgehead atoms. The van der Waals surface area contributed by atoms with Crippen molar-refractivity contribution >= 4 is 17.3 Å². The normalized spacial score (nSPS) is 10.1. The van der Waals surface area contributed by atoms with Gasteiger partial charge in [0.15, 0.2) is 5.11 Å². The summed E-state index contributed by atoms with van der Waals surface area (Å²) in [6.07, 6.45) is 0. The largest absolute Gasteiger partial charge is 0.363 e. The van der Waals surface area contributed by atoms with E-state index < -0.39 is 0 Å². The average Bonchev–Trinajstić information content (AvgIpc) is 2.50.